The largest absolute Gasteiger partial charge is 0.416 e. The lowest BCUT2D eigenvalue weighted by Crippen LogP contribution is -2.19. The van der Waals surface area contributed by atoms with Crippen molar-refractivity contribution < 1.29 is 18.0 Å². The van der Waals surface area contributed by atoms with Gasteiger partial charge in [0, 0.05) is 23.4 Å². The Balaban J connectivity index is 1.90. The van der Waals surface area contributed by atoms with Crippen molar-refractivity contribution in [2.45, 2.75) is 26.4 Å². The van der Waals surface area contributed by atoms with Crippen molar-refractivity contribution in [1.82, 2.24) is 19.7 Å². The molecule has 28 heavy (non-hydrogen) atoms. The van der Waals surface area contributed by atoms with Gasteiger partial charge in [-0.15, -0.1) is 0 Å². The minimum absolute atomic E-state index is 0.0437. The molecule has 0 radical (unpaired) electrons. The van der Waals surface area contributed by atoms with Gasteiger partial charge in [-0.05, 0) is 37.6 Å². The Morgan fingerprint density at radius 3 is 2.50 bits per heavy atom. The summed E-state index contributed by atoms with van der Waals surface area (Å²) >= 11 is 0. The van der Waals surface area contributed by atoms with E-state index >= 15 is 0 Å². The van der Waals surface area contributed by atoms with Crippen LogP contribution in [0.4, 0.5) is 19.0 Å². The molecule has 146 valence electrons. The van der Waals surface area contributed by atoms with Crippen molar-refractivity contribution in [3.63, 3.8) is 0 Å². The summed E-state index contributed by atoms with van der Waals surface area (Å²) in [7, 11) is 0. The fourth-order valence-electron chi connectivity index (χ4n) is 2.52. The Morgan fingerprint density at radius 1 is 1.21 bits per heavy atom. The van der Waals surface area contributed by atoms with Gasteiger partial charge in [-0.2, -0.15) is 23.0 Å². The van der Waals surface area contributed by atoms with Gasteiger partial charge in [0.2, 0.25) is 5.95 Å². The first-order valence-electron chi connectivity index (χ1n) is 8.33. The molecule has 1 amide bonds. The predicted molar refractivity (Wildman–Crippen MR) is 95.5 cm³/mol. The van der Waals surface area contributed by atoms with E-state index in [1.54, 1.807) is 13.0 Å². The summed E-state index contributed by atoms with van der Waals surface area (Å²) in [6.07, 6.45) is -3.95. The zero-order valence-corrected chi connectivity index (χ0v) is 15.0. The smallest absolute Gasteiger partial charge is 0.306 e. The second-order valence-corrected chi connectivity index (χ2v) is 6.03. The van der Waals surface area contributed by atoms with E-state index in [0.717, 1.165) is 24.3 Å². The van der Waals surface area contributed by atoms with Crippen LogP contribution in [0.5, 0.6) is 0 Å². The number of nitrogens with zero attached hydrogens (tertiary/aromatic N) is 3. The van der Waals surface area contributed by atoms with Crippen LogP contribution in [-0.4, -0.2) is 25.7 Å². The number of hydrogen-bond donors (Lipinski definition) is 2. The van der Waals surface area contributed by atoms with Crippen LogP contribution in [0.1, 0.15) is 34.2 Å². The first-order chi connectivity index (χ1) is 13.2. The summed E-state index contributed by atoms with van der Waals surface area (Å²) in [6.45, 7) is 3.53. The lowest BCUT2D eigenvalue weighted by molar-refractivity contribution is -0.137. The lowest BCUT2D eigenvalue weighted by Gasteiger charge is -2.10. The van der Waals surface area contributed by atoms with Crippen LogP contribution in [0.3, 0.4) is 0 Å². The highest BCUT2D eigenvalue weighted by Crippen LogP contribution is 2.29. The number of carbonyl (C=O) groups is 1. The number of alkyl halides is 3. The maximum atomic E-state index is 12.7. The summed E-state index contributed by atoms with van der Waals surface area (Å²) in [5.41, 5.74) is -0.0699. The van der Waals surface area contributed by atoms with Gasteiger partial charge in [-0.1, -0.05) is 6.92 Å². The Labute approximate surface area is 157 Å². The average Bonchev–Trinajstić information content (AvgIpc) is 3.00. The molecular weight excluding hydrogens is 375 g/mol. The number of aromatic amines is 1. The summed E-state index contributed by atoms with van der Waals surface area (Å²) in [5.74, 6) is -0.275. The molecule has 2 heterocycles. The number of hydrogen-bond acceptors (Lipinski definition) is 4. The molecule has 0 aliphatic heterocycles. The Bertz CT molecular complexity index is 1070. The van der Waals surface area contributed by atoms with E-state index in [1.165, 1.54) is 10.7 Å². The van der Waals surface area contributed by atoms with Gasteiger partial charge >= 0.3 is 6.18 Å². The van der Waals surface area contributed by atoms with Crippen LogP contribution in [0, 0.1) is 6.92 Å². The van der Waals surface area contributed by atoms with Crippen molar-refractivity contribution in [3.8, 4) is 5.95 Å². The molecule has 1 aromatic carbocycles. The summed E-state index contributed by atoms with van der Waals surface area (Å²) in [6, 6.07) is 6.76. The molecule has 0 aliphatic rings. The zero-order valence-electron chi connectivity index (χ0n) is 15.0. The van der Waals surface area contributed by atoms with Crippen LogP contribution in [-0.2, 0) is 12.6 Å². The van der Waals surface area contributed by atoms with Crippen molar-refractivity contribution in [3.05, 3.63) is 69.3 Å². The van der Waals surface area contributed by atoms with E-state index in [9.17, 15) is 22.8 Å². The molecule has 0 unspecified atom stereocenters. The number of H-pyrrole nitrogens is 1. The number of halogens is 3. The molecule has 2 N–H and O–H groups in total. The Hall–Kier alpha value is -3.43. The van der Waals surface area contributed by atoms with E-state index in [2.05, 4.69) is 20.4 Å². The van der Waals surface area contributed by atoms with Gasteiger partial charge in [0.1, 0.15) is 5.82 Å². The van der Waals surface area contributed by atoms with Crippen molar-refractivity contribution in [1.29, 1.82) is 0 Å². The number of benzene rings is 1. The molecule has 0 atom stereocenters. The maximum Gasteiger partial charge on any atom is 0.416 e. The fourth-order valence-corrected chi connectivity index (χ4v) is 2.52. The fraction of sp³-hybridized carbons (Fsp3) is 0.222. The first kappa shape index (κ1) is 19.3. The van der Waals surface area contributed by atoms with Gasteiger partial charge in [-0.3, -0.25) is 14.6 Å². The quantitative estimate of drug-likeness (QED) is 0.715. The van der Waals surface area contributed by atoms with Gasteiger partial charge in [0.15, 0.2) is 0 Å². The molecule has 0 bridgehead atoms. The lowest BCUT2D eigenvalue weighted by atomic mass is 10.1. The molecule has 0 fully saturated rings. The second-order valence-electron chi connectivity index (χ2n) is 6.03. The highest BCUT2D eigenvalue weighted by molar-refractivity contribution is 6.04. The van der Waals surface area contributed by atoms with Crippen molar-refractivity contribution >= 4 is 11.7 Å². The SMILES string of the molecule is CCc1cc(=O)[nH]c(-n2nc(C)cc2NC(=O)c2ccc(C(F)(F)F)cc2)n1. The highest BCUT2D eigenvalue weighted by Gasteiger charge is 2.30. The summed E-state index contributed by atoms with van der Waals surface area (Å²) < 4.78 is 39.2. The molecule has 0 aliphatic carbocycles. The number of amides is 1. The van der Waals surface area contributed by atoms with Gasteiger partial charge in [0.05, 0.1) is 11.3 Å². The van der Waals surface area contributed by atoms with Crippen LogP contribution in [0.15, 0.2) is 41.2 Å². The monoisotopic (exact) mass is 391 g/mol. The molecule has 2 aromatic heterocycles. The van der Waals surface area contributed by atoms with Gasteiger partial charge in [0.25, 0.3) is 11.5 Å². The maximum absolute atomic E-state index is 12.7. The molecule has 10 heteroatoms. The average molecular weight is 391 g/mol. The molecule has 0 saturated carbocycles. The molecular formula is C18H16F3N5O2. The minimum Gasteiger partial charge on any atom is -0.306 e. The first-order valence-corrected chi connectivity index (χ1v) is 8.33. The molecule has 0 spiro atoms. The van der Waals surface area contributed by atoms with E-state index in [0.29, 0.717) is 17.8 Å². The Kier molecular flexibility index (Phi) is 5.04. The van der Waals surface area contributed by atoms with Crippen molar-refractivity contribution in [2.24, 2.45) is 0 Å². The van der Waals surface area contributed by atoms with Crippen LogP contribution >= 0.6 is 0 Å². The summed E-state index contributed by atoms with van der Waals surface area (Å²) in [5, 5.41) is 6.79. The van der Waals surface area contributed by atoms with Crippen LogP contribution < -0.4 is 10.9 Å². The number of nitrogens with one attached hydrogen (secondary N) is 2. The van der Waals surface area contributed by atoms with Gasteiger partial charge < -0.3 is 5.32 Å². The third-order valence-electron chi connectivity index (χ3n) is 3.89. The normalized spacial score (nSPS) is 11.5. The van der Waals surface area contributed by atoms with E-state index in [1.807, 2.05) is 6.92 Å². The third kappa shape index (κ3) is 4.11. The van der Waals surface area contributed by atoms with Gasteiger partial charge in [-0.25, -0.2) is 4.98 Å². The predicted octanol–water partition coefficient (Wildman–Crippen LogP) is 3.10. The van der Waals surface area contributed by atoms with Crippen LogP contribution in [0.25, 0.3) is 5.95 Å². The minimum atomic E-state index is -4.48. The number of anilines is 1. The number of aryl methyl sites for hydroxylation is 2. The number of rotatable bonds is 4. The topological polar surface area (TPSA) is 92.7 Å². The van der Waals surface area contributed by atoms with E-state index in [4.69, 9.17) is 0 Å². The standard InChI is InChI=1S/C18H16F3N5O2/c1-3-13-9-15(27)24-17(22-13)26-14(8-10(2)25-26)23-16(28)11-4-6-12(7-5-11)18(19,20)21/h4-9H,3H2,1-2H3,(H,23,28)(H,22,24,27). The number of carbonyl (C=O) groups excluding carboxylic acids is 1. The third-order valence-corrected chi connectivity index (χ3v) is 3.89. The molecule has 3 rings (SSSR count). The highest BCUT2D eigenvalue weighted by atomic mass is 19.4. The molecule has 0 saturated heterocycles. The van der Waals surface area contributed by atoms with Crippen LogP contribution in [0.2, 0.25) is 0 Å². The van der Waals surface area contributed by atoms with E-state index < -0.39 is 17.6 Å². The second kappa shape index (κ2) is 7.29. The molecule has 7 nitrogen and oxygen atoms in total. The Morgan fingerprint density at radius 2 is 1.89 bits per heavy atom. The van der Waals surface area contributed by atoms with Crippen molar-refractivity contribution in [2.75, 3.05) is 5.32 Å². The van der Waals surface area contributed by atoms with E-state index in [-0.39, 0.29) is 22.9 Å². The number of aromatic nitrogens is 4. The zero-order chi connectivity index (χ0) is 20.5. The molecule has 3 aromatic rings. The summed E-state index contributed by atoms with van der Waals surface area (Å²) in [4.78, 5) is 31.1.